The van der Waals surface area contributed by atoms with Gasteiger partial charge in [-0.2, -0.15) is 0 Å². The maximum atomic E-state index is 11.5. The molecule has 1 aromatic carbocycles. The van der Waals surface area contributed by atoms with Gasteiger partial charge in [0.15, 0.2) is 0 Å². The number of carbonyl (C=O) groups excluding carboxylic acids is 2. The first-order chi connectivity index (χ1) is 10.7. The van der Waals surface area contributed by atoms with Crippen molar-refractivity contribution in [2.24, 2.45) is 0 Å². The number of alkyl carbamates (subject to hydrolysis) is 1. The van der Waals surface area contributed by atoms with E-state index in [0.29, 0.717) is 6.54 Å². The molecule has 0 saturated heterocycles. The molecule has 0 aliphatic rings. The third kappa shape index (κ3) is 9.00. The molecule has 0 radical (unpaired) electrons. The number of hydrogen-bond donors (Lipinski definition) is 2. The summed E-state index contributed by atoms with van der Waals surface area (Å²) in [6.45, 7) is 3.38. The summed E-state index contributed by atoms with van der Waals surface area (Å²) in [5.74, 6) is -0.0418. The van der Waals surface area contributed by atoms with E-state index in [-0.39, 0.29) is 25.5 Å². The second-order valence-corrected chi connectivity index (χ2v) is 5.15. The van der Waals surface area contributed by atoms with E-state index in [4.69, 9.17) is 4.74 Å². The first kappa shape index (κ1) is 18.0. The van der Waals surface area contributed by atoms with E-state index in [1.165, 1.54) is 12.8 Å². The summed E-state index contributed by atoms with van der Waals surface area (Å²) in [5, 5.41) is 5.41. The van der Waals surface area contributed by atoms with Crippen LogP contribution in [0.1, 0.15) is 44.6 Å². The van der Waals surface area contributed by atoms with Gasteiger partial charge in [0.1, 0.15) is 6.61 Å². The van der Waals surface area contributed by atoms with Gasteiger partial charge in [0.05, 0.1) is 0 Å². The van der Waals surface area contributed by atoms with Crippen molar-refractivity contribution in [1.82, 2.24) is 10.6 Å². The molecule has 122 valence electrons. The summed E-state index contributed by atoms with van der Waals surface area (Å²) in [7, 11) is 0. The van der Waals surface area contributed by atoms with Crippen LogP contribution in [0.2, 0.25) is 0 Å². The summed E-state index contributed by atoms with van der Waals surface area (Å²) in [6.07, 6.45) is 4.30. The Kier molecular flexibility index (Phi) is 9.50. The molecule has 2 amide bonds. The number of amides is 2. The largest absolute Gasteiger partial charge is 0.445 e. The predicted octanol–water partition coefficient (Wildman–Crippen LogP) is 3.00. The van der Waals surface area contributed by atoms with Crippen LogP contribution < -0.4 is 10.6 Å². The third-order valence-corrected chi connectivity index (χ3v) is 3.19. The van der Waals surface area contributed by atoms with Crippen molar-refractivity contribution in [1.29, 1.82) is 0 Å². The number of hydrogen-bond acceptors (Lipinski definition) is 3. The Bertz CT molecular complexity index is 435. The molecule has 5 nitrogen and oxygen atoms in total. The van der Waals surface area contributed by atoms with E-state index in [1.807, 2.05) is 30.3 Å². The fourth-order valence-electron chi connectivity index (χ4n) is 1.92. The highest BCUT2D eigenvalue weighted by Crippen LogP contribution is 2.00. The van der Waals surface area contributed by atoms with E-state index in [0.717, 1.165) is 18.4 Å². The quantitative estimate of drug-likeness (QED) is 0.653. The summed E-state index contributed by atoms with van der Waals surface area (Å²) >= 11 is 0. The van der Waals surface area contributed by atoms with Gasteiger partial charge < -0.3 is 15.4 Å². The number of nitrogens with one attached hydrogen (secondary N) is 2. The SMILES string of the molecule is CCCCCCNC(=O)CCNC(=O)OCc1ccccc1. The first-order valence-electron chi connectivity index (χ1n) is 7.93. The van der Waals surface area contributed by atoms with Gasteiger partial charge in [-0.1, -0.05) is 56.5 Å². The van der Waals surface area contributed by atoms with Crippen LogP contribution in [0.15, 0.2) is 30.3 Å². The van der Waals surface area contributed by atoms with E-state index < -0.39 is 6.09 Å². The van der Waals surface area contributed by atoms with Gasteiger partial charge in [-0.05, 0) is 12.0 Å². The van der Waals surface area contributed by atoms with E-state index in [9.17, 15) is 9.59 Å². The Balaban J connectivity index is 2.01. The second-order valence-electron chi connectivity index (χ2n) is 5.15. The minimum atomic E-state index is -0.500. The van der Waals surface area contributed by atoms with Gasteiger partial charge in [0.25, 0.3) is 0 Å². The van der Waals surface area contributed by atoms with Crippen molar-refractivity contribution in [3.05, 3.63) is 35.9 Å². The zero-order valence-corrected chi connectivity index (χ0v) is 13.3. The summed E-state index contributed by atoms with van der Waals surface area (Å²) in [4.78, 5) is 23.0. The number of ether oxygens (including phenoxy) is 1. The van der Waals surface area contributed by atoms with E-state index in [2.05, 4.69) is 17.6 Å². The second kappa shape index (κ2) is 11.6. The van der Waals surface area contributed by atoms with E-state index >= 15 is 0 Å². The Morgan fingerprint density at radius 2 is 1.77 bits per heavy atom. The van der Waals surface area contributed by atoms with Gasteiger partial charge >= 0.3 is 6.09 Å². The van der Waals surface area contributed by atoms with Gasteiger partial charge in [0, 0.05) is 19.5 Å². The highest BCUT2D eigenvalue weighted by Gasteiger charge is 2.04. The molecule has 1 rings (SSSR count). The number of benzene rings is 1. The minimum Gasteiger partial charge on any atom is -0.445 e. The molecule has 0 saturated carbocycles. The number of rotatable bonds is 10. The Morgan fingerprint density at radius 3 is 2.50 bits per heavy atom. The fraction of sp³-hybridized carbons (Fsp3) is 0.529. The molecule has 0 aliphatic carbocycles. The Morgan fingerprint density at radius 1 is 1.00 bits per heavy atom. The van der Waals surface area contributed by atoms with Crippen LogP contribution in [-0.4, -0.2) is 25.1 Å². The molecule has 0 aromatic heterocycles. The van der Waals surface area contributed by atoms with Crippen molar-refractivity contribution in [3.8, 4) is 0 Å². The Labute approximate surface area is 132 Å². The molecule has 0 bridgehead atoms. The van der Waals surface area contributed by atoms with Crippen LogP contribution in [0.5, 0.6) is 0 Å². The average Bonchev–Trinajstić information content (AvgIpc) is 2.54. The van der Waals surface area contributed by atoms with Gasteiger partial charge in [-0.15, -0.1) is 0 Å². The number of carbonyl (C=O) groups is 2. The van der Waals surface area contributed by atoms with Crippen LogP contribution in [0.3, 0.4) is 0 Å². The minimum absolute atomic E-state index is 0.0418. The van der Waals surface area contributed by atoms with Crippen molar-refractivity contribution < 1.29 is 14.3 Å². The topological polar surface area (TPSA) is 67.4 Å². The Hall–Kier alpha value is -2.04. The summed E-state index contributed by atoms with van der Waals surface area (Å²) in [5.41, 5.74) is 0.933. The maximum Gasteiger partial charge on any atom is 0.407 e. The molecule has 0 aliphatic heterocycles. The van der Waals surface area contributed by atoms with Crippen LogP contribution in [-0.2, 0) is 16.1 Å². The fourth-order valence-corrected chi connectivity index (χ4v) is 1.92. The molecule has 0 unspecified atom stereocenters. The lowest BCUT2D eigenvalue weighted by molar-refractivity contribution is -0.120. The van der Waals surface area contributed by atoms with Gasteiger partial charge in [-0.3, -0.25) is 4.79 Å². The normalized spacial score (nSPS) is 10.0. The van der Waals surface area contributed by atoms with Crippen molar-refractivity contribution >= 4 is 12.0 Å². The molecular formula is C17H26N2O3. The lowest BCUT2D eigenvalue weighted by atomic mass is 10.2. The van der Waals surface area contributed by atoms with Gasteiger partial charge in [-0.25, -0.2) is 4.79 Å². The highest BCUT2D eigenvalue weighted by molar-refractivity contribution is 5.76. The van der Waals surface area contributed by atoms with Crippen LogP contribution in [0, 0.1) is 0 Å². The molecule has 2 N–H and O–H groups in total. The van der Waals surface area contributed by atoms with Crippen molar-refractivity contribution in [2.75, 3.05) is 13.1 Å². The summed E-state index contributed by atoms with van der Waals surface area (Å²) in [6, 6.07) is 9.46. The maximum absolute atomic E-state index is 11.5. The lowest BCUT2D eigenvalue weighted by Gasteiger charge is -2.07. The zero-order valence-electron chi connectivity index (χ0n) is 13.3. The first-order valence-corrected chi connectivity index (χ1v) is 7.93. The lowest BCUT2D eigenvalue weighted by Crippen LogP contribution is -2.31. The molecule has 1 aromatic rings. The van der Waals surface area contributed by atoms with Crippen molar-refractivity contribution in [3.63, 3.8) is 0 Å². The number of unbranched alkanes of at least 4 members (excludes halogenated alkanes) is 3. The van der Waals surface area contributed by atoms with Crippen LogP contribution in [0.25, 0.3) is 0 Å². The highest BCUT2D eigenvalue weighted by atomic mass is 16.5. The smallest absolute Gasteiger partial charge is 0.407 e. The van der Waals surface area contributed by atoms with E-state index in [1.54, 1.807) is 0 Å². The molecule has 0 spiro atoms. The van der Waals surface area contributed by atoms with Crippen LogP contribution >= 0.6 is 0 Å². The molecule has 22 heavy (non-hydrogen) atoms. The zero-order chi connectivity index (χ0) is 16.0. The molecule has 0 heterocycles. The van der Waals surface area contributed by atoms with Crippen molar-refractivity contribution in [2.45, 2.75) is 45.6 Å². The van der Waals surface area contributed by atoms with Gasteiger partial charge in [0.2, 0.25) is 5.91 Å². The third-order valence-electron chi connectivity index (χ3n) is 3.19. The molecular weight excluding hydrogens is 280 g/mol. The molecule has 0 fully saturated rings. The standard InChI is InChI=1S/C17H26N2O3/c1-2-3-4-8-12-18-16(20)11-13-19-17(21)22-14-15-9-6-5-7-10-15/h5-7,9-10H,2-4,8,11-14H2,1H3,(H,18,20)(H,19,21). The molecule has 0 atom stereocenters. The predicted molar refractivity (Wildman–Crippen MR) is 86.4 cm³/mol. The summed E-state index contributed by atoms with van der Waals surface area (Å²) < 4.78 is 5.05. The molecule has 5 heteroatoms. The van der Waals surface area contributed by atoms with Crippen LogP contribution in [0.4, 0.5) is 4.79 Å². The monoisotopic (exact) mass is 306 g/mol. The average molecular weight is 306 g/mol.